The number of azo groups is 1. The summed E-state index contributed by atoms with van der Waals surface area (Å²) in [5.74, 6) is -2.24. The normalized spacial score (nSPS) is 12.5. The molecule has 0 spiro atoms. The molecular weight excluding hydrogens is 439 g/mol. The molecule has 9 heteroatoms. The molecule has 5 rings (SSSR count). The van der Waals surface area contributed by atoms with Gasteiger partial charge in [0, 0.05) is 11.6 Å². The van der Waals surface area contributed by atoms with E-state index in [-0.39, 0.29) is 28.3 Å². The highest BCUT2D eigenvalue weighted by atomic mass is 19.1. The molecule has 1 heterocycles. The number of rotatable bonds is 5. The number of aromatic carboxylic acids is 1. The summed E-state index contributed by atoms with van der Waals surface area (Å²) in [6, 6.07) is 13.6. The highest BCUT2D eigenvalue weighted by molar-refractivity contribution is 5.90. The van der Waals surface area contributed by atoms with Crippen LogP contribution in [0.3, 0.4) is 0 Å². The van der Waals surface area contributed by atoms with Crippen LogP contribution in [0, 0.1) is 12.7 Å². The van der Waals surface area contributed by atoms with Gasteiger partial charge in [-0.1, -0.05) is 18.2 Å². The van der Waals surface area contributed by atoms with E-state index in [1.54, 1.807) is 13.0 Å². The third kappa shape index (κ3) is 3.66. The molecule has 0 saturated heterocycles. The second-order valence-corrected chi connectivity index (χ2v) is 8.09. The van der Waals surface area contributed by atoms with E-state index < -0.39 is 17.3 Å². The lowest BCUT2D eigenvalue weighted by Crippen LogP contribution is -2.16. The van der Waals surface area contributed by atoms with Crippen molar-refractivity contribution in [1.82, 2.24) is 9.78 Å². The molecule has 0 aliphatic heterocycles. The number of nitrogens with one attached hydrogen (secondary N) is 1. The lowest BCUT2D eigenvalue weighted by Gasteiger charge is -2.19. The van der Waals surface area contributed by atoms with E-state index in [1.807, 2.05) is 18.2 Å². The van der Waals surface area contributed by atoms with Crippen LogP contribution in [0.1, 0.15) is 27.2 Å². The Balaban J connectivity index is 1.52. The molecule has 0 saturated carbocycles. The number of carboxylic acids is 1. The quantitative estimate of drug-likeness (QED) is 0.356. The Labute approximate surface area is 192 Å². The number of halogens is 1. The van der Waals surface area contributed by atoms with Crippen molar-refractivity contribution in [3.63, 3.8) is 0 Å². The van der Waals surface area contributed by atoms with Crippen LogP contribution in [0.4, 0.5) is 15.8 Å². The number of benzene rings is 3. The first kappa shape index (κ1) is 21.3. The molecule has 0 atom stereocenters. The number of aromatic amines is 1. The number of aromatic nitrogens is 2. The van der Waals surface area contributed by atoms with Crippen LogP contribution in [0.2, 0.25) is 0 Å². The zero-order valence-electron chi connectivity index (χ0n) is 18.0. The fourth-order valence-corrected chi connectivity index (χ4v) is 3.96. The Morgan fingerprint density at radius 3 is 2.56 bits per heavy atom. The van der Waals surface area contributed by atoms with Crippen molar-refractivity contribution in [2.75, 3.05) is 0 Å². The third-order valence-corrected chi connectivity index (χ3v) is 5.88. The van der Waals surface area contributed by atoms with Gasteiger partial charge in [-0.15, -0.1) is 10.2 Å². The van der Waals surface area contributed by atoms with E-state index in [0.717, 1.165) is 25.0 Å². The number of phenolic OH excluding ortho intramolecular Hbond substituents is 1. The molecule has 1 aliphatic rings. The van der Waals surface area contributed by atoms with Gasteiger partial charge in [-0.25, -0.2) is 13.9 Å². The maximum absolute atomic E-state index is 14.3. The van der Waals surface area contributed by atoms with Crippen LogP contribution < -0.4 is 5.56 Å². The molecule has 4 aromatic rings. The Morgan fingerprint density at radius 2 is 1.85 bits per heavy atom. The Kier molecular flexibility index (Phi) is 5.09. The average molecular weight is 458 g/mol. The molecule has 0 amide bonds. The maximum Gasteiger partial charge on any atom is 0.335 e. The molecule has 1 aliphatic carbocycles. The highest BCUT2D eigenvalue weighted by Crippen LogP contribution is 2.39. The third-order valence-electron chi connectivity index (χ3n) is 5.88. The van der Waals surface area contributed by atoms with Crippen LogP contribution in [0.5, 0.6) is 5.75 Å². The minimum Gasteiger partial charge on any atom is -0.505 e. The molecule has 1 aromatic heterocycles. The zero-order chi connectivity index (χ0) is 24.0. The first-order chi connectivity index (χ1) is 16.3. The van der Waals surface area contributed by atoms with Gasteiger partial charge in [0.25, 0.3) is 5.56 Å². The fourth-order valence-electron chi connectivity index (χ4n) is 3.96. The summed E-state index contributed by atoms with van der Waals surface area (Å²) < 4.78 is 15.7. The van der Waals surface area contributed by atoms with Crippen molar-refractivity contribution >= 4 is 17.3 Å². The van der Waals surface area contributed by atoms with Gasteiger partial charge in [0.2, 0.25) is 0 Å². The summed E-state index contributed by atoms with van der Waals surface area (Å²) in [7, 11) is 0. The lowest BCUT2D eigenvalue weighted by molar-refractivity contribution is 0.0697. The second kappa shape index (κ2) is 8.11. The summed E-state index contributed by atoms with van der Waals surface area (Å²) in [5.41, 5.74) is 3.37. The summed E-state index contributed by atoms with van der Waals surface area (Å²) >= 11 is 0. The van der Waals surface area contributed by atoms with Gasteiger partial charge in [0.05, 0.1) is 16.9 Å². The van der Waals surface area contributed by atoms with Crippen molar-refractivity contribution in [2.24, 2.45) is 10.2 Å². The molecule has 8 nitrogen and oxygen atoms in total. The van der Waals surface area contributed by atoms with Crippen molar-refractivity contribution < 1.29 is 19.4 Å². The van der Waals surface area contributed by atoms with Crippen LogP contribution in [0.25, 0.3) is 16.8 Å². The number of carbonyl (C=O) groups is 1. The van der Waals surface area contributed by atoms with Crippen LogP contribution in [-0.2, 0) is 12.8 Å². The molecule has 0 bridgehead atoms. The number of nitrogens with zero attached hydrogens (tertiary/aromatic N) is 3. The molecular formula is C25H19FN4O4. The predicted octanol–water partition coefficient (Wildman–Crippen LogP) is 5.20. The van der Waals surface area contributed by atoms with Gasteiger partial charge in [0.1, 0.15) is 11.5 Å². The van der Waals surface area contributed by atoms with Crippen molar-refractivity contribution in [2.45, 2.75) is 19.8 Å². The molecule has 34 heavy (non-hydrogen) atoms. The van der Waals surface area contributed by atoms with Crippen molar-refractivity contribution in [1.29, 1.82) is 0 Å². The number of aromatic hydroxyl groups is 1. The van der Waals surface area contributed by atoms with Gasteiger partial charge in [-0.3, -0.25) is 9.89 Å². The summed E-state index contributed by atoms with van der Waals surface area (Å²) in [4.78, 5) is 24.2. The lowest BCUT2D eigenvalue weighted by atomic mass is 9.88. The zero-order valence-corrected chi connectivity index (χ0v) is 18.0. The largest absolute Gasteiger partial charge is 0.505 e. The smallest absolute Gasteiger partial charge is 0.335 e. The average Bonchev–Trinajstić information content (AvgIpc) is 3.08. The van der Waals surface area contributed by atoms with Crippen LogP contribution in [0.15, 0.2) is 69.6 Å². The van der Waals surface area contributed by atoms with E-state index >= 15 is 0 Å². The molecule has 3 N–H and O–H groups in total. The topological polar surface area (TPSA) is 120 Å². The number of phenols is 1. The van der Waals surface area contributed by atoms with E-state index in [2.05, 4.69) is 15.3 Å². The number of aryl methyl sites for hydroxylation is 3. The molecule has 3 aromatic carbocycles. The molecule has 0 radical (unpaired) electrons. The van der Waals surface area contributed by atoms with Crippen LogP contribution >= 0.6 is 0 Å². The number of hydrogen-bond donors (Lipinski definition) is 3. The number of H-pyrrole nitrogens is 1. The Hall–Kier alpha value is -4.53. The number of fused-ring (bicyclic) bond motifs is 1. The predicted molar refractivity (Wildman–Crippen MR) is 123 cm³/mol. The van der Waals surface area contributed by atoms with Gasteiger partial charge in [-0.2, -0.15) is 0 Å². The fraction of sp³-hybridized carbons (Fsp3) is 0.120. The van der Waals surface area contributed by atoms with E-state index in [4.69, 9.17) is 0 Å². The first-order valence-corrected chi connectivity index (χ1v) is 10.5. The Bertz CT molecular complexity index is 1550. The SMILES string of the molecule is Cc1[nH]n(-c2ccc3c(c2)CC3)c(=O)c1N=Nc1cc(F)cc(-c2cccc(C(=O)O)c2)c1O. The Morgan fingerprint density at radius 1 is 1.06 bits per heavy atom. The maximum atomic E-state index is 14.3. The summed E-state index contributed by atoms with van der Waals surface area (Å²) in [6.45, 7) is 1.67. The number of hydrogen-bond acceptors (Lipinski definition) is 5. The molecule has 170 valence electrons. The first-order valence-electron chi connectivity index (χ1n) is 10.5. The highest BCUT2D eigenvalue weighted by Gasteiger charge is 2.18. The molecule has 0 fully saturated rings. The standard InChI is InChI=1S/C25H19FN4O4/c1-13-22(24(32)30(29-13)19-8-7-14-5-6-15(14)10-19)28-27-21-12-18(26)11-20(23(21)31)16-3-2-4-17(9-16)25(33)34/h2-4,7-12,29,31H,5-6H2,1H3,(H,33,34). The van der Waals surface area contributed by atoms with Crippen molar-refractivity contribution in [3.05, 3.63) is 93.2 Å². The summed E-state index contributed by atoms with van der Waals surface area (Å²) in [5, 5.41) is 30.8. The van der Waals surface area contributed by atoms with Gasteiger partial charge >= 0.3 is 5.97 Å². The van der Waals surface area contributed by atoms with Gasteiger partial charge in [0.15, 0.2) is 11.4 Å². The monoisotopic (exact) mass is 458 g/mol. The van der Waals surface area contributed by atoms with E-state index in [1.165, 1.54) is 34.0 Å². The molecule has 0 unspecified atom stereocenters. The number of carboxylic acid groups (broad SMARTS) is 1. The van der Waals surface area contributed by atoms with Gasteiger partial charge in [-0.05, 0) is 66.8 Å². The minimum absolute atomic E-state index is 0.0105. The van der Waals surface area contributed by atoms with E-state index in [9.17, 15) is 24.2 Å². The second-order valence-electron chi connectivity index (χ2n) is 8.09. The minimum atomic E-state index is -1.15. The van der Waals surface area contributed by atoms with E-state index in [0.29, 0.717) is 16.9 Å². The van der Waals surface area contributed by atoms with Gasteiger partial charge < -0.3 is 10.2 Å². The van der Waals surface area contributed by atoms with Crippen molar-refractivity contribution in [3.8, 4) is 22.6 Å². The van der Waals surface area contributed by atoms with Crippen LogP contribution in [-0.4, -0.2) is 26.0 Å². The summed E-state index contributed by atoms with van der Waals surface area (Å²) in [6.07, 6.45) is 2.01.